The van der Waals surface area contributed by atoms with E-state index < -0.39 is 11.7 Å². The van der Waals surface area contributed by atoms with Gasteiger partial charge in [0, 0.05) is 12.6 Å². The van der Waals surface area contributed by atoms with Crippen molar-refractivity contribution < 1.29 is 27.4 Å². The third-order valence-electron chi connectivity index (χ3n) is 5.49. The molecule has 1 fully saturated rings. The third-order valence-corrected chi connectivity index (χ3v) is 5.49. The average Bonchev–Trinajstić information content (AvgIpc) is 3.37. The maximum atomic E-state index is 13.1. The molecule has 0 spiro atoms. The first-order valence-corrected chi connectivity index (χ1v) is 9.74. The summed E-state index contributed by atoms with van der Waals surface area (Å²) >= 11 is 0. The summed E-state index contributed by atoms with van der Waals surface area (Å²) in [4.78, 5) is 14.9. The molecule has 7 heteroatoms. The summed E-state index contributed by atoms with van der Waals surface area (Å²) in [5.74, 6) is 1.17. The molecule has 2 aliphatic rings. The Bertz CT molecular complexity index is 891. The lowest BCUT2D eigenvalue weighted by Gasteiger charge is -2.29. The first kappa shape index (κ1) is 19.6. The van der Waals surface area contributed by atoms with Gasteiger partial charge in [0.05, 0.1) is 12.0 Å². The highest BCUT2D eigenvalue weighted by atomic mass is 19.4. The highest BCUT2D eigenvalue weighted by molar-refractivity contribution is 5.79. The molecule has 0 atom stereocenters. The van der Waals surface area contributed by atoms with Crippen molar-refractivity contribution in [2.75, 3.05) is 6.79 Å². The van der Waals surface area contributed by atoms with Crippen molar-refractivity contribution in [2.45, 2.75) is 50.9 Å². The number of halogens is 3. The molecule has 29 heavy (non-hydrogen) atoms. The molecule has 1 saturated carbocycles. The normalized spacial score (nSPS) is 16.2. The molecular weight excluding hydrogens is 383 g/mol. The lowest BCUT2D eigenvalue weighted by molar-refractivity contribution is -0.138. The number of amides is 1. The van der Waals surface area contributed by atoms with Crippen molar-refractivity contribution >= 4 is 5.91 Å². The van der Waals surface area contributed by atoms with E-state index in [-0.39, 0.29) is 25.2 Å². The number of hydrogen-bond donors (Lipinski definition) is 0. The minimum Gasteiger partial charge on any atom is -0.454 e. The van der Waals surface area contributed by atoms with E-state index in [9.17, 15) is 18.0 Å². The Morgan fingerprint density at radius 1 is 1.00 bits per heavy atom. The molecule has 2 aromatic carbocycles. The molecule has 1 aliphatic carbocycles. The van der Waals surface area contributed by atoms with Gasteiger partial charge in [-0.15, -0.1) is 0 Å². The second kappa shape index (κ2) is 7.97. The molecule has 4 rings (SSSR count). The molecule has 1 heterocycles. The lowest BCUT2D eigenvalue weighted by Crippen LogP contribution is -2.39. The van der Waals surface area contributed by atoms with Gasteiger partial charge in [0.15, 0.2) is 11.5 Å². The Morgan fingerprint density at radius 2 is 1.76 bits per heavy atom. The van der Waals surface area contributed by atoms with Crippen molar-refractivity contribution in [3.8, 4) is 11.5 Å². The molecule has 1 aliphatic heterocycles. The second-order valence-corrected chi connectivity index (χ2v) is 7.52. The SMILES string of the molecule is O=C(Cc1cccc(C(F)(F)F)c1)N(Cc1ccc2c(c1)OCO2)C1CCCC1. The molecule has 0 unspecified atom stereocenters. The summed E-state index contributed by atoms with van der Waals surface area (Å²) in [7, 11) is 0. The zero-order valence-corrected chi connectivity index (χ0v) is 15.9. The predicted octanol–water partition coefficient (Wildman–Crippen LogP) is 4.95. The predicted molar refractivity (Wildman–Crippen MR) is 101 cm³/mol. The van der Waals surface area contributed by atoms with E-state index in [0.29, 0.717) is 23.6 Å². The molecular formula is C22H22F3NO3. The number of hydrogen-bond acceptors (Lipinski definition) is 3. The average molecular weight is 405 g/mol. The van der Waals surface area contributed by atoms with Crippen LogP contribution in [0.4, 0.5) is 13.2 Å². The van der Waals surface area contributed by atoms with Crippen molar-refractivity contribution in [1.82, 2.24) is 4.90 Å². The van der Waals surface area contributed by atoms with Crippen LogP contribution in [0.3, 0.4) is 0 Å². The number of nitrogens with zero attached hydrogens (tertiary/aromatic N) is 1. The quantitative estimate of drug-likeness (QED) is 0.707. The molecule has 2 aromatic rings. The van der Waals surface area contributed by atoms with Crippen molar-refractivity contribution in [1.29, 1.82) is 0 Å². The fourth-order valence-corrected chi connectivity index (χ4v) is 4.01. The smallest absolute Gasteiger partial charge is 0.416 e. The Hall–Kier alpha value is -2.70. The van der Waals surface area contributed by atoms with Crippen LogP contribution >= 0.6 is 0 Å². The summed E-state index contributed by atoms with van der Waals surface area (Å²) in [6.07, 6.45) is -0.530. The number of ether oxygens (including phenoxy) is 2. The third kappa shape index (κ3) is 4.49. The van der Waals surface area contributed by atoms with E-state index in [1.54, 1.807) is 6.07 Å². The van der Waals surface area contributed by atoms with E-state index in [4.69, 9.17) is 9.47 Å². The van der Waals surface area contributed by atoms with Gasteiger partial charge in [-0.05, 0) is 42.2 Å². The maximum Gasteiger partial charge on any atom is 0.416 e. The number of carbonyl (C=O) groups is 1. The van der Waals surface area contributed by atoms with Gasteiger partial charge in [-0.3, -0.25) is 4.79 Å². The molecule has 0 radical (unpaired) electrons. The zero-order chi connectivity index (χ0) is 20.4. The topological polar surface area (TPSA) is 38.8 Å². The Kier molecular flexibility index (Phi) is 5.39. The number of rotatable bonds is 5. The van der Waals surface area contributed by atoms with Gasteiger partial charge >= 0.3 is 6.18 Å². The lowest BCUT2D eigenvalue weighted by atomic mass is 10.1. The molecule has 1 amide bonds. The van der Waals surface area contributed by atoms with E-state index in [0.717, 1.165) is 43.4 Å². The maximum absolute atomic E-state index is 13.1. The molecule has 154 valence electrons. The van der Waals surface area contributed by atoms with Gasteiger partial charge in [-0.2, -0.15) is 13.2 Å². The van der Waals surface area contributed by atoms with Crippen molar-refractivity contribution in [2.24, 2.45) is 0 Å². The van der Waals surface area contributed by atoms with Crippen LogP contribution in [0.2, 0.25) is 0 Å². The van der Waals surface area contributed by atoms with Gasteiger partial charge < -0.3 is 14.4 Å². The largest absolute Gasteiger partial charge is 0.454 e. The Balaban J connectivity index is 1.53. The zero-order valence-electron chi connectivity index (χ0n) is 15.9. The van der Waals surface area contributed by atoms with Crippen LogP contribution in [-0.2, 0) is 23.9 Å². The molecule has 0 bridgehead atoms. The van der Waals surface area contributed by atoms with Gasteiger partial charge in [0.1, 0.15) is 0 Å². The van der Waals surface area contributed by atoms with Crippen LogP contribution in [0.25, 0.3) is 0 Å². The van der Waals surface area contributed by atoms with Crippen LogP contribution < -0.4 is 9.47 Å². The van der Waals surface area contributed by atoms with E-state index >= 15 is 0 Å². The van der Waals surface area contributed by atoms with Gasteiger partial charge in [0.2, 0.25) is 12.7 Å². The summed E-state index contributed by atoms with van der Waals surface area (Å²) in [6.45, 7) is 0.582. The minimum absolute atomic E-state index is 0.0506. The summed E-state index contributed by atoms with van der Waals surface area (Å²) in [5.41, 5.74) is 0.558. The summed E-state index contributed by atoms with van der Waals surface area (Å²) in [6, 6.07) is 10.7. The Morgan fingerprint density at radius 3 is 2.52 bits per heavy atom. The second-order valence-electron chi connectivity index (χ2n) is 7.52. The van der Waals surface area contributed by atoms with Gasteiger partial charge in [-0.25, -0.2) is 0 Å². The first-order chi connectivity index (χ1) is 13.9. The number of benzene rings is 2. The minimum atomic E-state index is -4.42. The van der Waals surface area contributed by atoms with Crippen LogP contribution in [0.1, 0.15) is 42.4 Å². The summed E-state index contributed by atoms with van der Waals surface area (Å²) in [5, 5.41) is 0. The van der Waals surface area contributed by atoms with Gasteiger partial charge in [0.25, 0.3) is 0 Å². The van der Waals surface area contributed by atoms with E-state index in [1.165, 1.54) is 6.07 Å². The Labute approximate surface area is 167 Å². The van der Waals surface area contributed by atoms with Crippen LogP contribution in [0.5, 0.6) is 11.5 Å². The van der Waals surface area contributed by atoms with E-state index in [2.05, 4.69) is 0 Å². The van der Waals surface area contributed by atoms with Crippen LogP contribution in [-0.4, -0.2) is 23.6 Å². The fraction of sp³-hybridized carbons (Fsp3) is 0.409. The molecule has 0 aromatic heterocycles. The van der Waals surface area contributed by atoms with E-state index in [1.807, 2.05) is 23.1 Å². The number of fused-ring (bicyclic) bond motifs is 1. The first-order valence-electron chi connectivity index (χ1n) is 9.74. The monoisotopic (exact) mass is 405 g/mol. The van der Waals surface area contributed by atoms with Crippen LogP contribution in [0.15, 0.2) is 42.5 Å². The highest BCUT2D eigenvalue weighted by Gasteiger charge is 2.31. The number of carbonyl (C=O) groups excluding carboxylic acids is 1. The molecule has 4 nitrogen and oxygen atoms in total. The number of alkyl halides is 3. The van der Waals surface area contributed by atoms with Gasteiger partial charge in [-0.1, -0.05) is 37.1 Å². The summed E-state index contributed by atoms with van der Waals surface area (Å²) < 4.78 is 49.7. The standard InChI is InChI=1S/C22H22F3NO3/c23-22(24,25)17-5-3-4-15(10-17)12-21(27)26(18-6-1-2-7-18)13-16-8-9-19-20(11-16)29-14-28-19/h3-5,8-11,18H,1-2,6-7,12-14H2. The molecule has 0 N–H and O–H groups in total. The van der Waals surface area contributed by atoms with Crippen molar-refractivity contribution in [3.63, 3.8) is 0 Å². The highest BCUT2D eigenvalue weighted by Crippen LogP contribution is 2.34. The van der Waals surface area contributed by atoms with Crippen molar-refractivity contribution in [3.05, 3.63) is 59.2 Å². The molecule has 0 saturated heterocycles. The fourth-order valence-electron chi connectivity index (χ4n) is 4.01. The van der Waals surface area contributed by atoms with Crippen LogP contribution in [0, 0.1) is 0 Å².